The summed E-state index contributed by atoms with van der Waals surface area (Å²) in [6.45, 7) is 0. The molecule has 0 bridgehead atoms. The van der Waals surface area contributed by atoms with Crippen molar-refractivity contribution in [3.05, 3.63) is 0 Å². The van der Waals surface area contributed by atoms with E-state index in [1.807, 2.05) is 0 Å². The Morgan fingerprint density at radius 1 is 0.283 bits per heavy atom. The van der Waals surface area contributed by atoms with Crippen molar-refractivity contribution >= 4 is 7.82 Å². The zero-order valence-electron chi connectivity index (χ0n) is 37.5. The third-order valence-electron chi connectivity index (χ3n) is 12.5. The lowest BCUT2D eigenvalue weighted by Gasteiger charge is -2.36. The van der Waals surface area contributed by atoms with Crippen LogP contribution in [-0.2, 0) is 4.57 Å². The molecule has 0 spiro atoms. The van der Waals surface area contributed by atoms with Gasteiger partial charge >= 0.3 is 0 Å². The molecule has 3 rings (SSSR count). The maximum atomic E-state index is 8.55. The molecule has 0 aromatic heterocycles. The van der Waals surface area contributed by atoms with Crippen molar-refractivity contribution in [2.24, 2.45) is 0 Å². The second-order valence-corrected chi connectivity index (χ2v) is 20.9. The molecule has 3 aliphatic carbocycles. The molecule has 8 heteroatoms. The third kappa shape index (κ3) is 36.1. The van der Waals surface area contributed by atoms with Crippen molar-refractivity contribution in [3.63, 3.8) is 0 Å². The topological polar surface area (TPSA) is 86.2 Å². The lowest BCUT2D eigenvalue weighted by Crippen LogP contribution is -2.45. The SMILES string of the molecule is C[N+](C)(C)C1CCCCCCCCCCC1.C[N+](C)(C)C1CCCCCCCCCCC1.C[N+](C)(C)C1CCCCCCCCCCC1.O=P([O-])([O-])[O-]. The molecule has 7 nitrogen and oxygen atoms in total. The summed E-state index contributed by atoms with van der Waals surface area (Å²) in [6, 6.07) is 2.71. The molecule has 3 saturated carbocycles. The highest BCUT2D eigenvalue weighted by molar-refractivity contribution is 7.40. The zero-order valence-corrected chi connectivity index (χ0v) is 38.4. The molecule has 3 aliphatic rings. The van der Waals surface area contributed by atoms with Gasteiger partial charge in [0.25, 0.3) is 0 Å². The summed E-state index contributed by atoms with van der Waals surface area (Å²) >= 11 is 0. The second kappa shape index (κ2) is 31.0. The monoisotopic (exact) mass is 774 g/mol. The summed E-state index contributed by atoms with van der Waals surface area (Å²) < 4.78 is 12.0. The van der Waals surface area contributed by atoms with E-state index in [9.17, 15) is 0 Å². The minimum absolute atomic E-state index is 0.902. The smallest absolute Gasteiger partial charge is 0.0884 e. The highest BCUT2D eigenvalue weighted by Crippen LogP contribution is 2.24. The van der Waals surface area contributed by atoms with Gasteiger partial charge in [0.05, 0.1) is 81.6 Å². The predicted octanol–water partition coefficient (Wildman–Crippen LogP) is 10.3. The van der Waals surface area contributed by atoms with Gasteiger partial charge in [-0.25, -0.2) is 0 Å². The number of hydrogen-bond acceptors (Lipinski definition) is 4. The van der Waals surface area contributed by atoms with Crippen molar-refractivity contribution in [1.29, 1.82) is 0 Å². The van der Waals surface area contributed by atoms with Crippen LogP contribution in [0, 0.1) is 0 Å². The molecule has 53 heavy (non-hydrogen) atoms. The molecule has 0 amide bonds. The lowest BCUT2D eigenvalue weighted by molar-refractivity contribution is -0.896. The molecular formula is C45H96N3O4P. The molecule has 0 aromatic rings. The van der Waals surface area contributed by atoms with Gasteiger partial charge in [-0.2, -0.15) is 7.82 Å². The molecule has 0 N–H and O–H groups in total. The molecule has 0 aliphatic heterocycles. The van der Waals surface area contributed by atoms with Gasteiger partial charge in [0, 0.05) is 0 Å². The summed E-state index contributed by atoms with van der Waals surface area (Å²) in [6.07, 6.45) is 48.4. The first-order valence-electron chi connectivity index (χ1n) is 23.0. The summed E-state index contributed by atoms with van der Waals surface area (Å²) in [5.74, 6) is 0. The second-order valence-electron chi connectivity index (χ2n) is 20.0. The number of phosphoric acid groups is 1. The third-order valence-corrected chi connectivity index (χ3v) is 12.5. The van der Waals surface area contributed by atoms with E-state index in [4.69, 9.17) is 19.2 Å². The number of hydrogen-bond donors (Lipinski definition) is 0. The van der Waals surface area contributed by atoms with E-state index in [0.717, 1.165) is 18.1 Å². The van der Waals surface area contributed by atoms with E-state index in [2.05, 4.69) is 63.4 Å². The van der Waals surface area contributed by atoms with Crippen LogP contribution < -0.4 is 14.7 Å². The fourth-order valence-electron chi connectivity index (χ4n) is 8.75. The van der Waals surface area contributed by atoms with Crippen LogP contribution in [0.4, 0.5) is 0 Å². The Morgan fingerprint density at radius 2 is 0.377 bits per heavy atom. The summed E-state index contributed by atoms with van der Waals surface area (Å²) in [5.41, 5.74) is 0. The summed E-state index contributed by atoms with van der Waals surface area (Å²) in [5, 5.41) is 0. The summed E-state index contributed by atoms with van der Waals surface area (Å²) in [7, 11) is 16.0. The predicted molar refractivity (Wildman–Crippen MR) is 225 cm³/mol. The van der Waals surface area contributed by atoms with Crippen LogP contribution in [0.15, 0.2) is 0 Å². The average molecular weight is 774 g/mol. The molecule has 320 valence electrons. The van der Waals surface area contributed by atoms with Gasteiger partial charge < -0.3 is 32.7 Å². The maximum Gasteiger partial charge on any atom is 0.0884 e. The van der Waals surface area contributed by atoms with Crippen molar-refractivity contribution in [3.8, 4) is 0 Å². The quantitative estimate of drug-likeness (QED) is 0.211. The summed E-state index contributed by atoms with van der Waals surface area (Å²) in [4.78, 5) is 25.6. The van der Waals surface area contributed by atoms with E-state index in [-0.39, 0.29) is 0 Å². The van der Waals surface area contributed by atoms with E-state index in [0.29, 0.717) is 0 Å². The number of nitrogens with zero attached hydrogens (tertiary/aromatic N) is 3. The van der Waals surface area contributed by atoms with Gasteiger partial charge in [-0.05, 0) is 77.0 Å². The van der Waals surface area contributed by atoms with Crippen LogP contribution in [0.2, 0.25) is 0 Å². The number of quaternary nitrogens is 3. The molecule has 0 radical (unpaired) electrons. The van der Waals surface area contributed by atoms with Gasteiger partial charge in [-0.3, -0.25) is 0 Å². The molecule has 0 aromatic carbocycles. The standard InChI is InChI=1S/3C15H32N.H3O4P/c3*1-16(2,3)15-13-11-9-7-5-4-6-8-10-12-14-15;1-5(2,3)4/h3*15H,4-14H2,1-3H3;(H3,1,2,3,4)/q3*+1;/p-3. The van der Waals surface area contributed by atoms with E-state index < -0.39 is 7.82 Å². The average Bonchev–Trinajstić information content (AvgIpc) is 3.00. The van der Waals surface area contributed by atoms with Crippen LogP contribution in [-0.4, -0.2) is 95.0 Å². The Hall–Kier alpha value is -0.0100. The van der Waals surface area contributed by atoms with E-state index in [1.54, 1.807) is 0 Å². The van der Waals surface area contributed by atoms with Crippen molar-refractivity contribution in [1.82, 2.24) is 0 Å². The highest BCUT2D eigenvalue weighted by atomic mass is 31.2. The van der Waals surface area contributed by atoms with Crippen LogP contribution in [0.3, 0.4) is 0 Å². The zero-order chi connectivity index (χ0) is 40.1. The Kier molecular flexibility index (Phi) is 31.0. The maximum absolute atomic E-state index is 8.55. The number of rotatable bonds is 3. The Balaban J connectivity index is 0.000000718. The van der Waals surface area contributed by atoms with Gasteiger partial charge in [0.2, 0.25) is 0 Å². The van der Waals surface area contributed by atoms with Gasteiger partial charge in [-0.1, -0.05) is 135 Å². The Bertz CT molecular complexity index is 722. The van der Waals surface area contributed by atoms with Gasteiger partial charge in [0.1, 0.15) is 0 Å². The first kappa shape index (κ1) is 53.0. The van der Waals surface area contributed by atoms with E-state index >= 15 is 0 Å². The molecular weight excluding hydrogens is 677 g/mol. The molecule has 0 unspecified atom stereocenters. The van der Waals surface area contributed by atoms with Crippen molar-refractivity contribution in [2.75, 3.05) is 63.4 Å². The fraction of sp³-hybridized carbons (Fsp3) is 1.00. The van der Waals surface area contributed by atoms with Gasteiger partial charge in [-0.15, -0.1) is 0 Å². The molecule has 3 fully saturated rings. The molecule has 0 heterocycles. The lowest BCUT2D eigenvalue weighted by atomic mass is 9.96. The molecule has 0 atom stereocenters. The van der Waals surface area contributed by atoms with Gasteiger partial charge in [0.15, 0.2) is 0 Å². The van der Waals surface area contributed by atoms with Crippen molar-refractivity contribution in [2.45, 2.75) is 230 Å². The van der Waals surface area contributed by atoms with Crippen LogP contribution in [0.25, 0.3) is 0 Å². The van der Waals surface area contributed by atoms with Crippen LogP contribution in [0.5, 0.6) is 0 Å². The van der Waals surface area contributed by atoms with Crippen LogP contribution >= 0.6 is 7.82 Å². The van der Waals surface area contributed by atoms with Crippen molar-refractivity contribution < 1.29 is 32.7 Å². The fourth-order valence-corrected chi connectivity index (χ4v) is 8.75. The first-order chi connectivity index (χ1) is 24.8. The minimum Gasteiger partial charge on any atom is -0.822 e. The minimum atomic E-state index is -5.39. The highest BCUT2D eigenvalue weighted by Gasteiger charge is 2.24. The van der Waals surface area contributed by atoms with E-state index in [1.165, 1.54) is 225 Å². The Morgan fingerprint density at radius 3 is 0.472 bits per heavy atom. The molecule has 0 saturated heterocycles. The van der Waals surface area contributed by atoms with Crippen LogP contribution in [0.1, 0.15) is 212 Å². The normalized spacial score (nSPS) is 22.3. The first-order valence-corrected chi connectivity index (χ1v) is 24.4. The largest absolute Gasteiger partial charge is 0.822 e. The Labute approximate surface area is 333 Å².